The third-order valence-electron chi connectivity index (χ3n) is 3.55. The number of halogens is 1. The molecule has 0 saturated heterocycles. The largest absolute Gasteiger partial charge is 0.497 e. The topological polar surface area (TPSA) is 30.5 Å². The molecular weight excluding hydrogens is 286 g/mol. The highest BCUT2D eigenvalue weighted by atomic mass is 35.5. The monoisotopic (exact) mass is 305 g/mol. The number of anilines is 1. The van der Waals surface area contributed by atoms with Crippen molar-refractivity contribution in [2.75, 3.05) is 19.5 Å². The summed E-state index contributed by atoms with van der Waals surface area (Å²) in [5.41, 5.74) is 3.13. The molecule has 2 rings (SSSR count). The van der Waals surface area contributed by atoms with Crippen LogP contribution in [0.3, 0.4) is 0 Å². The van der Waals surface area contributed by atoms with E-state index in [2.05, 4.69) is 12.2 Å². The lowest BCUT2D eigenvalue weighted by Gasteiger charge is -2.20. The molecule has 1 N–H and O–H groups in total. The minimum absolute atomic E-state index is 0.0861. The van der Waals surface area contributed by atoms with Gasteiger partial charge in [-0.3, -0.25) is 0 Å². The smallest absolute Gasteiger partial charge is 0.127 e. The highest BCUT2D eigenvalue weighted by Gasteiger charge is 2.13. The van der Waals surface area contributed by atoms with Crippen LogP contribution in [0.2, 0.25) is 5.02 Å². The first kappa shape index (κ1) is 15.5. The molecular formula is C17H20ClNO2. The molecule has 0 aromatic heterocycles. The number of hydrogen-bond donors (Lipinski definition) is 1. The molecule has 0 saturated carbocycles. The Morgan fingerprint density at radius 1 is 1.10 bits per heavy atom. The fraction of sp³-hybridized carbons (Fsp3) is 0.294. The van der Waals surface area contributed by atoms with E-state index in [1.807, 2.05) is 43.3 Å². The van der Waals surface area contributed by atoms with E-state index >= 15 is 0 Å². The molecule has 2 aromatic carbocycles. The van der Waals surface area contributed by atoms with Gasteiger partial charge in [-0.05, 0) is 43.7 Å². The van der Waals surface area contributed by atoms with E-state index in [0.717, 1.165) is 33.3 Å². The summed E-state index contributed by atoms with van der Waals surface area (Å²) < 4.78 is 10.7. The van der Waals surface area contributed by atoms with Crippen molar-refractivity contribution in [3.8, 4) is 11.5 Å². The Balaban J connectivity index is 2.28. The van der Waals surface area contributed by atoms with Gasteiger partial charge in [0.15, 0.2) is 0 Å². The summed E-state index contributed by atoms with van der Waals surface area (Å²) in [6, 6.07) is 11.8. The van der Waals surface area contributed by atoms with E-state index in [0.29, 0.717) is 0 Å². The van der Waals surface area contributed by atoms with Crippen molar-refractivity contribution >= 4 is 17.3 Å². The highest BCUT2D eigenvalue weighted by Crippen LogP contribution is 2.32. The molecule has 0 aliphatic heterocycles. The van der Waals surface area contributed by atoms with E-state index in [1.165, 1.54) is 0 Å². The third kappa shape index (κ3) is 3.42. The summed E-state index contributed by atoms with van der Waals surface area (Å²) in [5.74, 6) is 1.58. The molecule has 0 fully saturated rings. The lowest BCUT2D eigenvalue weighted by molar-refractivity contribution is 0.390. The fourth-order valence-electron chi connectivity index (χ4n) is 2.25. The van der Waals surface area contributed by atoms with Crippen LogP contribution in [0.5, 0.6) is 11.5 Å². The Morgan fingerprint density at radius 2 is 1.86 bits per heavy atom. The number of ether oxygens (including phenoxy) is 2. The van der Waals surface area contributed by atoms with Gasteiger partial charge in [-0.2, -0.15) is 0 Å². The summed E-state index contributed by atoms with van der Waals surface area (Å²) in [4.78, 5) is 0. The molecule has 0 bridgehead atoms. The van der Waals surface area contributed by atoms with E-state index in [4.69, 9.17) is 21.1 Å². The number of benzene rings is 2. The summed E-state index contributed by atoms with van der Waals surface area (Å²) in [7, 11) is 3.31. The average molecular weight is 306 g/mol. The van der Waals surface area contributed by atoms with Gasteiger partial charge >= 0.3 is 0 Å². The lowest BCUT2D eigenvalue weighted by atomic mass is 10.1. The molecule has 0 aliphatic rings. The summed E-state index contributed by atoms with van der Waals surface area (Å²) in [5, 5.41) is 4.23. The Bertz CT molecular complexity index is 628. The highest BCUT2D eigenvalue weighted by molar-refractivity contribution is 6.31. The third-order valence-corrected chi connectivity index (χ3v) is 3.96. The zero-order chi connectivity index (χ0) is 15.4. The SMILES string of the molecule is COc1ccc(C(C)Nc2cccc(Cl)c2C)c(OC)c1. The van der Waals surface area contributed by atoms with Gasteiger partial charge in [-0.25, -0.2) is 0 Å². The first-order chi connectivity index (χ1) is 10.1. The van der Waals surface area contributed by atoms with Crippen LogP contribution >= 0.6 is 11.6 Å². The van der Waals surface area contributed by atoms with Crippen molar-refractivity contribution in [1.29, 1.82) is 0 Å². The van der Waals surface area contributed by atoms with Gasteiger partial charge in [-0.15, -0.1) is 0 Å². The van der Waals surface area contributed by atoms with E-state index in [-0.39, 0.29) is 6.04 Å². The molecule has 1 unspecified atom stereocenters. The van der Waals surface area contributed by atoms with Crippen LogP contribution in [-0.4, -0.2) is 14.2 Å². The lowest BCUT2D eigenvalue weighted by Crippen LogP contribution is -2.09. The molecule has 0 heterocycles. The molecule has 0 radical (unpaired) electrons. The van der Waals surface area contributed by atoms with Crippen LogP contribution in [0, 0.1) is 6.92 Å². The second-order valence-electron chi connectivity index (χ2n) is 4.89. The Labute approximate surface area is 130 Å². The Kier molecular flexibility index (Phi) is 4.97. The van der Waals surface area contributed by atoms with E-state index < -0.39 is 0 Å². The zero-order valence-electron chi connectivity index (χ0n) is 12.7. The van der Waals surface area contributed by atoms with Gasteiger partial charge in [0.25, 0.3) is 0 Å². The van der Waals surface area contributed by atoms with E-state index in [1.54, 1.807) is 14.2 Å². The number of methoxy groups -OCH3 is 2. The molecule has 112 valence electrons. The Hall–Kier alpha value is -1.87. The molecule has 1 atom stereocenters. The van der Waals surface area contributed by atoms with E-state index in [9.17, 15) is 0 Å². The average Bonchev–Trinajstić information content (AvgIpc) is 2.51. The van der Waals surface area contributed by atoms with Crippen LogP contribution < -0.4 is 14.8 Å². The maximum Gasteiger partial charge on any atom is 0.127 e. The van der Waals surface area contributed by atoms with Crippen LogP contribution in [0.15, 0.2) is 36.4 Å². The zero-order valence-corrected chi connectivity index (χ0v) is 13.5. The molecule has 0 aliphatic carbocycles. The number of rotatable bonds is 5. The molecule has 4 heteroatoms. The predicted molar refractivity (Wildman–Crippen MR) is 87.8 cm³/mol. The quantitative estimate of drug-likeness (QED) is 0.857. The minimum Gasteiger partial charge on any atom is -0.497 e. The van der Waals surface area contributed by atoms with Gasteiger partial charge in [0.2, 0.25) is 0 Å². The number of hydrogen-bond acceptors (Lipinski definition) is 3. The van der Waals surface area contributed by atoms with Crippen molar-refractivity contribution in [2.24, 2.45) is 0 Å². The van der Waals surface area contributed by atoms with Crippen molar-refractivity contribution in [3.05, 3.63) is 52.5 Å². The van der Waals surface area contributed by atoms with Crippen molar-refractivity contribution < 1.29 is 9.47 Å². The Morgan fingerprint density at radius 3 is 2.52 bits per heavy atom. The summed E-state index contributed by atoms with van der Waals surface area (Å²) in [6.07, 6.45) is 0. The van der Waals surface area contributed by atoms with Gasteiger partial charge in [0.1, 0.15) is 11.5 Å². The maximum atomic E-state index is 6.16. The second-order valence-corrected chi connectivity index (χ2v) is 5.29. The van der Waals surface area contributed by atoms with Crippen LogP contribution in [0.25, 0.3) is 0 Å². The normalized spacial score (nSPS) is 11.9. The van der Waals surface area contributed by atoms with Crippen LogP contribution in [-0.2, 0) is 0 Å². The molecule has 0 spiro atoms. The summed E-state index contributed by atoms with van der Waals surface area (Å²) in [6.45, 7) is 4.09. The van der Waals surface area contributed by atoms with Gasteiger partial charge in [-0.1, -0.05) is 17.7 Å². The summed E-state index contributed by atoms with van der Waals surface area (Å²) >= 11 is 6.16. The predicted octanol–water partition coefficient (Wildman–Crippen LogP) is 4.84. The first-order valence-electron chi connectivity index (χ1n) is 6.80. The van der Waals surface area contributed by atoms with Crippen molar-refractivity contribution in [2.45, 2.75) is 19.9 Å². The second kappa shape index (κ2) is 6.72. The van der Waals surface area contributed by atoms with Crippen LogP contribution in [0.1, 0.15) is 24.1 Å². The van der Waals surface area contributed by atoms with Crippen molar-refractivity contribution in [1.82, 2.24) is 0 Å². The first-order valence-corrected chi connectivity index (χ1v) is 7.18. The van der Waals surface area contributed by atoms with Gasteiger partial charge < -0.3 is 14.8 Å². The molecule has 2 aromatic rings. The van der Waals surface area contributed by atoms with Crippen LogP contribution in [0.4, 0.5) is 5.69 Å². The standard InChI is InChI=1S/C17H20ClNO2/c1-11-15(18)6-5-7-16(11)19-12(2)14-9-8-13(20-3)10-17(14)21-4/h5-10,12,19H,1-4H3. The molecule has 0 amide bonds. The van der Waals surface area contributed by atoms with Crippen molar-refractivity contribution in [3.63, 3.8) is 0 Å². The fourth-order valence-corrected chi connectivity index (χ4v) is 2.43. The van der Waals surface area contributed by atoms with Gasteiger partial charge in [0, 0.05) is 22.3 Å². The maximum absolute atomic E-state index is 6.16. The molecule has 3 nitrogen and oxygen atoms in total. The van der Waals surface area contributed by atoms with Gasteiger partial charge in [0.05, 0.1) is 20.3 Å². The molecule has 21 heavy (non-hydrogen) atoms. The number of nitrogens with one attached hydrogen (secondary N) is 1. The minimum atomic E-state index is 0.0861.